The van der Waals surface area contributed by atoms with Gasteiger partial charge in [0.1, 0.15) is 0 Å². The van der Waals surface area contributed by atoms with Crippen molar-refractivity contribution < 1.29 is 23.8 Å². The lowest BCUT2D eigenvalue weighted by atomic mass is 9.95. The summed E-state index contributed by atoms with van der Waals surface area (Å²) in [5, 5.41) is 6.36. The predicted molar refractivity (Wildman–Crippen MR) is 191 cm³/mol. The average Bonchev–Trinajstić information content (AvgIpc) is 3.36. The van der Waals surface area contributed by atoms with Crippen molar-refractivity contribution in [3.8, 4) is 28.4 Å². The number of amides is 2. The number of methoxy groups -OCH3 is 3. The van der Waals surface area contributed by atoms with Crippen LogP contribution in [0.3, 0.4) is 0 Å². The number of hydrogen-bond donors (Lipinski definition) is 2. The molecule has 2 heterocycles. The van der Waals surface area contributed by atoms with Gasteiger partial charge in [0.25, 0.3) is 0 Å². The fourth-order valence-corrected chi connectivity index (χ4v) is 6.85. The molecule has 0 radical (unpaired) electrons. The van der Waals surface area contributed by atoms with Crippen molar-refractivity contribution in [2.45, 2.75) is 57.9 Å². The van der Waals surface area contributed by atoms with Gasteiger partial charge in [-0.3, -0.25) is 24.3 Å². The second-order valence-electron chi connectivity index (χ2n) is 12.6. The molecule has 2 N–H and O–H groups in total. The number of rotatable bonds is 14. The molecule has 2 aliphatic rings. The Morgan fingerprint density at radius 1 is 0.939 bits per heavy atom. The Morgan fingerprint density at radius 3 is 2.43 bits per heavy atom. The van der Waals surface area contributed by atoms with Gasteiger partial charge in [0, 0.05) is 76.5 Å². The fourth-order valence-electron chi connectivity index (χ4n) is 6.85. The number of unbranched alkanes of at least 4 members (excludes halogenated alkanes) is 2. The molecule has 1 saturated heterocycles. The maximum Gasteiger partial charge on any atom is 0.222 e. The second-order valence-corrected chi connectivity index (χ2v) is 12.6. The molecule has 1 aromatic heterocycles. The molecule has 0 saturated carbocycles. The Kier molecular flexibility index (Phi) is 12.5. The van der Waals surface area contributed by atoms with E-state index in [9.17, 15) is 14.4 Å². The zero-order valence-corrected chi connectivity index (χ0v) is 29.2. The number of carbonyl (C=O) groups excluding carboxylic acids is 2. The molecule has 1 atom stereocenters. The van der Waals surface area contributed by atoms with Gasteiger partial charge >= 0.3 is 0 Å². The van der Waals surface area contributed by atoms with Gasteiger partial charge in [-0.05, 0) is 72.7 Å². The van der Waals surface area contributed by atoms with Crippen LogP contribution in [0, 0.1) is 0 Å². The molecule has 1 aliphatic carbocycles. The zero-order chi connectivity index (χ0) is 34.8. The Bertz CT molecular complexity index is 1660. The molecule has 49 heavy (non-hydrogen) atoms. The van der Waals surface area contributed by atoms with Gasteiger partial charge in [0.2, 0.25) is 23.0 Å². The van der Waals surface area contributed by atoms with Crippen LogP contribution in [0.1, 0.15) is 61.9 Å². The largest absolute Gasteiger partial charge is 0.493 e. The number of anilines is 1. The third kappa shape index (κ3) is 8.89. The number of nitrogens with one attached hydrogen (secondary N) is 2. The number of benzene rings is 1. The predicted octanol–water partition coefficient (Wildman–Crippen LogP) is 4.62. The summed E-state index contributed by atoms with van der Waals surface area (Å²) < 4.78 is 17.2. The zero-order valence-electron chi connectivity index (χ0n) is 29.2. The van der Waals surface area contributed by atoms with Gasteiger partial charge in [-0.1, -0.05) is 18.6 Å². The molecule has 11 heteroatoms. The van der Waals surface area contributed by atoms with Crippen LogP contribution in [0.2, 0.25) is 0 Å². The van der Waals surface area contributed by atoms with E-state index in [-0.39, 0.29) is 23.3 Å². The summed E-state index contributed by atoms with van der Waals surface area (Å²) in [5.41, 5.74) is 4.74. The normalized spacial score (nSPS) is 15.8. The highest BCUT2D eigenvalue weighted by Crippen LogP contribution is 2.50. The highest BCUT2D eigenvalue weighted by molar-refractivity contribution is 5.83. The van der Waals surface area contributed by atoms with Gasteiger partial charge in [0.05, 0.1) is 33.1 Å². The van der Waals surface area contributed by atoms with E-state index < -0.39 is 0 Å². The van der Waals surface area contributed by atoms with Crippen molar-refractivity contribution in [2.24, 2.45) is 0 Å². The quantitative estimate of drug-likeness (QED) is 0.237. The molecule has 5 rings (SSSR count). The molecule has 2 amide bonds. The monoisotopic (exact) mass is 671 g/mol. The number of aryl methyl sites for hydroxylation is 1. The third-order valence-electron chi connectivity index (χ3n) is 9.43. The van der Waals surface area contributed by atoms with Crippen LogP contribution >= 0.6 is 0 Å². The number of pyridine rings is 1. The first-order valence-electron chi connectivity index (χ1n) is 17.2. The SMILES string of the molecule is COc1cc2c(c(OC)c1OC)-c1ccc(NCCCCCC(=O)N3CCN(CCc4ccccn4)CC3)c(=O)cc1[C@H](NC(C)=O)CC2. The smallest absolute Gasteiger partial charge is 0.222 e. The van der Waals surface area contributed by atoms with Crippen molar-refractivity contribution in [2.75, 3.05) is 65.9 Å². The summed E-state index contributed by atoms with van der Waals surface area (Å²) in [6, 6.07) is 12.9. The topological polar surface area (TPSA) is 122 Å². The van der Waals surface area contributed by atoms with Crippen LogP contribution in [0.15, 0.2) is 53.5 Å². The molecule has 1 aliphatic heterocycles. The minimum Gasteiger partial charge on any atom is -0.493 e. The molecular formula is C38H49N5O6. The summed E-state index contributed by atoms with van der Waals surface area (Å²) in [7, 11) is 4.74. The van der Waals surface area contributed by atoms with Crippen LogP contribution in [0.25, 0.3) is 11.1 Å². The number of hydrogen-bond acceptors (Lipinski definition) is 9. The Hall–Kier alpha value is -4.64. The van der Waals surface area contributed by atoms with Gasteiger partial charge in [-0.2, -0.15) is 0 Å². The van der Waals surface area contributed by atoms with E-state index in [4.69, 9.17) is 14.2 Å². The van der Waals surface area contributed by atoms with Crippen molar-refractivity contribution in [3.63, 3.8) is 0 Å². The number of aromatic nitrogens is 1. The Labute approximate surface area is 289 Å². The summed E-state index contributed by atoms with van der Waals surface area (Å²) in [6.07, 6.45) is 7.04. The number of piperazine rings is 1. The lowest BCUT2D eigenvalue weighted by Gasteiger charge is -2.34. The maximum absolute atomic E-state index is 13.5. The van der Waals surface area contributed by atoms with E-state index in [1.807, 2.05) is 35.4 Å². The summed E-state index contributed by atoms with van der Waals surface area (Å²) in [5.74, 6) is 1.60. The standard InChI is InChI=1S/C38H49N5O6/c1-26(44)41-31-14-12-27-24-34(47-2)37(48-3)38(49-4)36(27)29-13-15-32(33(45)25-30(29)31)40-18-8-5-6-11-35(46)43-22-20-42(21-23-43)19-16-28-10-7-9-17-39-28/h7,9-10,13,15,17,24-25,31H,5-6,8,11-12,14,16,18-23H2,1-4H3,(H,40,45)(H,41,44)/t31-/m1/s1. The maximum atomic E-state index is 13.5. The number of carbonyl (C=O) groups is 2. The van der Waals surface area contributed by atoms with Crippen LogP contribution in [0.5, 0.6) is 17.2 Å². The molecule has 0 bridgehead atoms. The highest BCUT2D eigenvalue weighted by Gasteiger charge is 2.29. The molecule has 262 valence electrons. The Morgan fingerprint density at radius 2 is 1.73 bits per heavy atom. The summed E-state index contributed by atoms with van der Waals surface area (Å²) in [4.78, 5) is 47.4. The van der Waals surface area contributed by atoms with Crippen LogP contribution < -0.4 is 30.3 Å². The Balaban J connectivity index is 1.17. The minimum atomic E-state index is -0.360. The molecule has 0 spiro atoms. The van der Waals surface area contributed by atoms with E-state index >= 15 is 0 Å². The second kappa shape index (κ2) is 17.1. The van der Waals surface area contributed by atoms with Crippen molar-refractivity contribution in [1.29, 1.82) is 0 Å². The first-order chi connectivity index (χ1) is 23.8. The van der Waals surface area contributed by atoms with Crippen LogP contribution in [-0.2, 0) is 22.4 Å². The lowest BCUT2D eigenvalue weighted by molar-refractivity contribution is -0.133. The third-order valence-corrected chi connectivity index (χ3v) is 9.43. The number of ether oxygens (including phenoxy) is 3. The average molecular weight is 672 g/mol. The van der Waals surface area contributed by atoms with E-state index in [1.54, 1.807) is 33.5 Å². The molecule has 0 unspecified atom stereocenters. The van der Waals surface area contributed by atoms with Gasteiger partial charge < -0.3 is 29.7 Å². The van der Waals surface area contributed by atoms with Crippen molar-refractivity contribution in [1.82, 2.24) is 20.1 Å². The lowest BCUT2D eigenvalue weighted by Crippen LogP contribution is -2.49. The number of nitrogens with zero attached hydrogens (tertiary/aromatic N) is 3. The van der Waals surface area contributed by atoms with E-state index in [0.29, 0.717) is 48.7 Å². The first-order valence-corrected chi connectivity index (χ1v) is 17.2. The molecular weight excluding hydrogens is 622 g/mol. The summed E-state index contributed by atoms with van der Waals surface area (Å²) >= 11 is 0. The minimum absolute atomic E-state index is 0.158. The van der Waals surface area contributed by atoms with E-state index in [0.717, 1.165) is 86.4 Å². The molecule has 1 fully saturated rings. The van der Waals surface area contributed by atoms with Gasteiger partial charge in [-0.15, -0.1) is 0 Å². The van der Waals surface area contributed by atoms with Crippen molar-refractivity contribution >= 4 is 17.5 Å². The van der Waals surface area contributed by atoms with Crippen LogP contribution in [-0.4, -0.2) is 87.2 Å². The van der Waals surface area contributed by atoms with Gasteiger partial charge in [0.15, 0.2) is 11.5 Å². The number of fused-ring (bicyclic) bond motifs is 3. The van der Waals surface area contributed by atoms with Crippen LogP contribution in [0.4, 0.5) is 5.69 Å². The summed E-state index contributed by atoms with van der Waals surface area (Å²) in [6.45, 7) is 6.37. The van der Waals surface area contributed by atoms with E-state index in [2.05, 4.69) is 26.6 Å². The molecule has 11 nitrogen and oxygen atoms in total. The van der Waals surface area contributed by atoms with E-state index in [1.165, 1.54) is 6.92 Å². The fraction of sp³-hybridized carbons (Fsp3) is 0.474. The van der Waals surface area contributed by atoms with Gasteiger partial charge in [-0.25, -0.2) is 0 Å². The highest BCUT2D eigenvalue weighted by atomic mass is 16.5. The molecule has 3 aromatic rings. The van der Waals surface area contributed by atoms with Crippen molar-refractivity contribution in [3.05, 3.63) is 75.7 Å². The molecule has 2 aromatic carbocycles. The first kappa shape index (κ1) is 35.7.